The minimum absolute atomic E-state index is 0.257. The largest absolute Gasteiger partial charge is 0.395 e. The number of hydrogen-bond acceptors (Lipinski definition) is 2. The molecule has 0 bridgehead atoms. The molecule has 0 amide bonds. The fourth-order valence-electron chi connectivity index (χ4n) is 1.78. The monoisotopic (exact) mass is 269 g/mol. The van der Waals surface area contributed by atoms with Crippen LogP contribution in [0.5, 0.6) is 0 Å². The van der Waals surface area contributed by atoms with Crippen LogP contribution in [0.4, 0.5) is 0 Å². The van der Waals surface area contributed by atoms with Crippen LogP contribution in [0.15, 0.2) is 28.7 Å². The summed E-state index contributed by atoms with van der Waals surface area (Å²) in [5.74, 6) is 0. The summed E-state index contributed by atoms with van der Waals surface area (Å²) in [6.07, 6.45) is 2.58. The Labute approximate surface area is 99.0 Å². The first-order valence-electron chi connectivity index (χ1n) is 5.39. The molecular formula is C12H16BrNO. The maximum absolute atomic E-state index is 8.99. The quantitative estimate of drug-likeness (QED) is 0.888. The van der Waals surface area contributed by atoms with Crippen LogP contribution in [0.3, 0.4) is 0 Å². The summed E-state index contributed by atoms with van der Waals surface area (Å²) in [6, 6.07) is 9.12. The zero-order valence-electron chi connectivity index (χ0n) is 8.69. The summed E-state index contributed by atoms with van der Waals surface area (Å²) >= 11 is 3.43. The summed E-state index contributed by atoms with van der Waals surface area (Å²) in [5, 5.41) is 8.99. The molecule has 0 radical (unpaired) electrons. The van der Waals surface area contributed by atoms with Gasteiger partial charge in [0.25, 0.3) is 0 Å². The highest BCUT2D eigenvalue weighted by Crippen LogP contribution is 2.28. The van der Waals surface area contributed by atoms with Gasteiger partial charge in [0.15, 0.2) is 0 Å². The maximum atomic E-state index is 8.99. The second kappa shape index (κ2) is 5.10. The molecular weight excluding hydrogens is 254 g/mol. The van der Waals surface area contributed by atoms with Gasteiger partial charge in [-0.05, 0) is 30.5 Å². The van der Waals surface area contributed by atoms with Gasteiger partial charge in [-0.25, -0.2) is 0 Å². The molecule has 1 aromatic carbocycles. The Balaban J connectivity index is 1.95. The maximum Gasteiger partial charge on any atom is 0.0558 e. The molecule has 1 aliphatic carbocycles. The number of halogens is 1. The van der Waals surface area contributed by atoms with Crippen molar-refractivity contribution in [1.29, 1.82) is 0 Å². The van der Waals surface area contributed by atoms with E-state index < -0.39 is 0 Å². The third-order valence-electron chi connectivity index (χ3n) is 2.75. The smallest absolute Gasteiger partial charge is 0.0558 e. The van der Waals surface area contributed by atoms with Crippen LogP contribution in [0.1, 0.15) is 18.4 Å². The van der Waals surface area contributed by atoms with Gasteiger partial charge in [0.1, 0.15) is 0 Å². The third-order valence-corrected chi connectivity index (χ3v) is 3.28. The van der Waals surface area contributed by atoms with Gasteiger partial charge in [-0.1, -0.05) is 28.1 Å². The van der Waals surface area contributed by atoms with E-state index in [1.54, 1.807) is 0 Å². The van der Waals surface area contributed by atoms with Crippen LogP contribution in [-0.2, 0) is 6.54 Å². The van der Waals surface area contributed by atoms with Crippen molar-refractivity contribution in [3.63, 3.8) is 0 Å². The van der Waals surface area contributed by atoms with Crippen LogP contribution in [0, 0.1) is 0 Å². The van der Waals surface area contributed by atoms with E-state index in [-0.39, 0.29) is 6.61 Å². The number of aliphatic hydroxyl groups excluding tert-OH is 1. The highest BCUT2D eigenvalue weighted by Gasteiger charge is 2.28. The van der Waals surface area contributed by atoms with Crippen molar-refractivity contribution >= 4 is 15.9 Å². The molecule has 0 aromatic heterocycles. The first kappa shape index (κ1) is 11.1. The Morgan fingerprint density at radius 2 is 1.93 bits per heavy atom. The zero-order chi connectivity index (χ0) is 10.7. The number of rotatable bonds is 5. The molecule has 3 heteroatoms. The molecule has 1 aromatic rings. The second-order valence-electron chi connectivity index (χ2n) is 4.05. The van der Waals surface area contributed by atoms with E-state index in [0.29, 0.717) is 6.04 Å². The van der Waals surface area contributed by atoms with Crippen LogP contribution < -0.4 is 0 Å². The third kappa shape index (κ3) is 3.30. The molecule has 0 saturated heterocycles. The van der Waals surface area contributed by atoms with Crippen LogP contribution in [0.25, 0.3) is 0 Å². The summed E-state index contributed by atoms with van der Waals surface area (Å²) < 4.78 is 1.12. The predicted octanol–water partition coefficient (Wildman–Crippen LogP) is 2.41. The molecule has 0 aliphatic heterocycles. The highest BCUT2D eigenvalue weighted by atomic mass is 79.9. The molecule has 1 N–H and O–H groups in total. The van der Waals surface area contributed by atoms with E-state index in [0.717, 1.165) is 17.6 Å². The SMILES string of the molecule is OCCN(Cc1ccc(Br)cc1)C1CC1. The fraction of sp³-hybridized carbons (Fsp3) is 0.500. The Morgan fingerprint density at radius 3 is 2.47 bits per heavy atom. The molecule has 1 saturated carbocycles. The normalized spacial score (nSPS) is 15.9. The Morgan fingerprint density at radius 1 is 1.27 bits per heavy atom. The summed E-state index contributed by atoms with van der Waals surface area (Å²) in [5.41, 5.74) is 1.32. The summed E-state index contributed by atoms with van der Waals surface area (Å²) in [4.78, 5) is 2.36. The van der Waals surface area contributed by atoms with Crippen LogP contribution in [0.2, 0.25) is 0 Å². The molecule has 2 rings (SSSR count). The molecule has 1 aliphatic rings. The standard InChI is InChI=1S/C12H16BrNO/c13-11-3-1-10(2-4-11)9-14(7-8-15)12-5-6-12/h1-4,12,15H,5-9H2. The van der Waals surface area contributed by atoms with E-state index in [2.05, 4.69) is 45.1 Å². The van der Waals surface area contributed by atoms with Gasteiger partial charge in [-0.2, -0.15) is 0 Å². The lowest BCUT2D eigenvalue weighted by Gasteiger charge is -2.20. The summed E-state index contributed by atoms with van der Waals surface area (Å²) in [6.45, 7) is 2.01. The van der Waals surface area contributed by atoms with Crippen molar-refractivity contribution in [2.45, 2.75) is 25.4 Å². The molecule has 0 heterocycles. The van der Waals surface area contributed by atoms with Crippen molar-refractivity contribution < 1.29 is 5.11 Å². The number of nitrogens with zero attached hydrogens (tertiary/aromatic N) is 1. The average Bonchev–Trinajstić information content (AvgIpc) is 3.04. The van der Waals surface area contributed by atoms with Gasteiger partial charge in [0, 0.05) is 23.6 Å². The van der Waals surface area contributed by atoms with Gasteiger partial charge in [-0.15, -0.1) is 0 Å². The molecule has 0 unspecified atom stereocenters. The van der Waals surface area contributed by atoms with Gasteiger partial charge in [0.2, 0.25) is 0 Å². The van der Waals surface area contributed by atoms with Crippen molar-refractivity contribution in [1.82, 2.24) is 4.90 Å². The van der Waals surface area contributed by atoms with Gasteiger partial charge in [0.05, 0.1) is 6.61 Å². The Hall–Kier alpha value is -0.380. The molecule has 2 nitrogen and oxygen atoms in total. The fourth-order valence-corrected chi connectivity index (χ4v) is 2.05. The zero-order valence-corrected chi connectivity index (χ0v) is 10.3. The van der Waals surface area contributed by atoms with Crippen molar-refractivity contribution in [3.8, 4) is 0 Å². The van der Waals surface area contributed by atoms with Crippen LogP contribution >= 0.6 is 15.9 Å². The van der Waals surface area contributed by atoms with Crippen LogP contribution in [-0.4, -0.2) is 29.2 Å². The van der Waals surface area contributed by atoms with E-state index >= 15 is 0 Å². The number of aliphatic hydroxyl groups is 1. The minimum atomic E-state index is 0.257. The predicted molar refractivity (Wildman–Crippen MR) is 64.7 cm³/mol. The van der Waals surface area contributed by atoms with Crippen molar-refractivity contribution in [2.75, 3.05) is 13.2 Å². The van der Waals surface area contributed by atoms with Gasteiger partial charge < -0.3 is 5.11 Å². The van der Waals surface area contributed by atoms with E-state index in [4.69, 9.17) is 5.11 Å². The molecule has 1 fully saturated rings. The van der Waals surface area contributed by atoms with Gasteiger partial charge in [-0.3, -0.25) is 4.90 Å². The lowest BCUT2D eigenvalue weighted by molar-refractivity contribution is 0.183. The average molecular weight is 270 g/mol. The summed E-state index contributed by atoms with van der Waals surface area (Å²) in [7, 11) is 0. The molecule has 15 heavy (non-hydrogen) atoms. The minimum Gasteiger partial charge on any atom is -0.395 e. The van der Waals surface area contributed by atoms with Gasteiger partial charge >= 0.3 is 0 Å². The Bertz CT molecular complexity index is 308. The van der Waals surface area contributed by atoms with Crippen molar-refractivity contribution in [2.24, 2.45) is 0 Å². The number of hydrogen-bond donors (Lipinski definition) is 1. The lowest BCUT2D eigenvalue weighted by atomic mass is 10.2. The highest BCUT2D eigenvalue weighted by molar-refractivity contribution is 9.10. The first-order chi connectivity index (χ1) is 7.29. The lowest BCUT2D eigenvalue weighted by Crippen LogP contribution is -2.28. The number of benzene rings is 1. The van der Waals surface area contributed by atoms with E-state index in [9.17, 15) is 0 Å². The van der Waals surface area contributed by atoms with Crippen molar-refractivity contribution in [3.05, 3.63) is 34.3 Å². The van der Waals surface area contributed by atoms with E-state index in [1.165, 1.54) is 18.4 Å². The Kier molecular flexibility index (Phi) is 3.78. The van der Waals surface area contributed by atoms with E-state index in [1.807, 2.05) is 0 Å². The molecule has 0 atom stereocenters. The first-order valence-corrected chi connectivity index (χ1v) is 6.18. The molecule has 0 spiro atoms. The topological polar surface area (TPSA) is 23.5 Å². The molecule has 82 valence electrons. The second-order valence-corrected chi connectivity index (χ2v) is 4.97.